The van der Waals surface area contributed by atoms with Crippen LogP contribution < -0.4 is 0 Å². The lowest BCUT2D eigenvalue weighted by Gasteiger charge is -1.79. The number of aromatic amines is 2. The van der Waals surface area contributed by atoms with Crippen molar-refractivity contribution >= 4 is 0 Å². The van der Waals surface area contributed by atoms with Crippen molar-refractivity contribution in [2.75, 3.05) is 0 Å². The molecule has 0 unspecified atom stereocenters. The molecule has 2 heterocycles. The van der Waals surface area contributed by atoms with E-state index in [0.29, 0.717) is 11.6 Å². The second-order valence-electron chi connectivity index (χ2n) is 2.39. The maximum atomic E-state index is 8.33. The van der Waals surface area contributed by atoms with Crippen LogP contribution in [0.5, 0.6) is 0 Å². The van der Waals surface area contributed by atoms with Gasteiger partial charge in [0.15, 0.2) is 0 Å². The molecule has 0 atom stereocenters. The van der Waals surface area contributed by atoms with Gasteiger partial charge in [-0.05, 0) is 0 Å². The summed E-state index contributed by atoms with van der Waals surface area (Å²) in [6.07, 6.45) is 6.55. The maximum Gasteiger partial charge on any atom is 0.131 e. The molecule has 0 aliphatic carbocycles. The summed E-state index contributed by atoms with van der Waals surface area (Å²) >= 11 is 0. The summed E-state index contributed by atoms with van der Waals surface area (Å²) in [5.74, 6) is 1.22. The third-order valence-corrected chi connectivity index (χ3v) is 1.41. The van der Waals surface area contributed by atoms with E-state index < -0.39 is 0 Å². The molecule has 6 nitrogen and oxygen atoms in total. The minimum Gasteiger partial charge on any atom is -0.388 e. The fourth-order valence-corrected chi connectivity index (χ4v) is 0.769. The van der Waals surface area contributed by atoms with Crippen molar-refractivity contribution in [3.05, 3.63) is 36.4 Å². The Balaban J connectivity index is 0.000000140. The molecule has 76 valence electrons. The zero-order chi connectivity index (χ0) is 10.2. The largest absolute Gasteiger partial charge is 0.388 e. The highest BCUT2D eigenvalue weighted by molar-refractivity contribution is 4.83. The molecule has 2 rings (SSSR count). The summed E-state index contributed by atoms with van der Waals surface area (Å²) in [5, 5.41) is 16.7. The van der Waals surface area contributed by atoms with Gasteiger partial charge in [0.1, 0.15) is 24.9 Å². The van der Waals surface area contributed by atoms with Crippen LogP contribution >= 0.6 is 0 Å². The lowest BCUT2D eigenvalue weighted by Crippen LogP contribution is -1.82. The number of hydrogen-bond acceptors (Lipinski definition) is 4. The minimum atomic E-state index is -0.00694. The Morgan fingerprint density at radius 1 is 0.929 bits per heavy atom. The topological polar surface area (TPSA) is 97.8 Å². The Morgan fingerprint density at radius 2 is 1.36 bits per heavy atom. The van der Waals surface area contributed by atoms with Gasteiger partial charge in [0, 0.05) is 24.8 Å². The zero-order valence-electron chi connectivity index (χ0n) is 7.51. The van der Waals surface area contributed by atoms with Gasteiger partial charge in [-0.1, -0.05) is 0 Å². The van der Waals surface area contributed by atoms with E-state index >= 15 is 0 Å². The number of aliphatic hydroxyl groups is 2. The summed E-state index contributed by atoms with van der Waals surface area (Å²) < 4.78 is 0. The Labute approximate surface area is 80.7 Å². The molecule has 6 heteroatoms. The van der Waals surface area contributed by atoms with E-state index in [-0.39, 0.29) is 13.2 Å². The standard InChI is InChI=1S/2C4H6N2O/c2*7-3-4-5-1-2-6-4/h2*1-2,7H,3H2,(H,5,6). The van der Waals surface area contributed by atoms with Crippen LogP contribution in [-0.4, -0.2) is 30.1 Å². The number of H-pyrrole nitrogens is 2. The van der Waals surface area contributed by atoms with Crippen molar-refractivity contribution in [3.63, 3.8) is 0 Å². The molecule has 0 aromatic carbocycles. The highest BCUT2D eigenvalue weighted by Gasteiger charge is 1.84. The maximum absolute atomic E-state index is 8.33. The van der Waals surface area contributed by atoms with Crippen LogP contribution in [0.25, 0.3) is 0 Å². The molecular weight excluding hydrogens is 184 g/mol. The van der Waals surface area contributed by atoms with E-state index in [4.69, 9.17) is 10.2 Å². The Bertz CT molecular complexity index is 283. The summed E-state index contributed by atoms with van der Waals surface area (Å²) in [7, 11) is 0. The van der Waals surface area contributed by atoms with Crippen molar-refractivity contribution < 1.29 is 10.2 Å². The van der Waals surface area contributed by atoms with Gasteiger partial charge >= 0.3 is 0 Å². The van der Waals surface area contributed by atoms with E-state index in [0.717, 1.165) is 0 Å². The first-order valence-electron chi connectivity index (χ1n) is 4.05. The molecule has 2 aromatic heterocycles. The Hall–Kier alpha value is -1.66. The van der Waals surface area contributed by atoms with E-state index in [1.807, 2.05) is 0 Å². The first-order chi connectivity index (χ1) is 6.86. The van der Waals surface area contributed by atoms with Gasteiger partial charge in [0.05, 0.1) is 0 Å². The van der Waals surface area contributed by atoms with Gasteiger partial charge in [0.2, 0.25) is 0 Å². The fourth-order valence-electron chi connectivity index (χ4n) is 0.769. The number of rotatable bonds is 2. The predicted molar refractivity (Wildman–Crippen MR) is 49.0 cm³/mol. The molecule has 0 fully saturated rings. The normalized spacial score (nSPS) is 9.29. The number of aromatic nitrogens is 4. The SMILES string of the molecule is OCc1ncc[nH]1.OCc1ncc[nH]1. The molecular formula is C8H12N4O2. The molecule has 0 radical (unpaired) electrons. The van der Waals surface area contributed by atoms with Crippen molar-refractivity contribution in [2.45, 2.75) is 13.2 Å². The quantitative estimate of drug-likeness (QED) is 0.534. The highest BCUT2D eigenvalue weighted by Crippen LogP contribution is 1.83. The molecule has 0 bridgehead atoms. The number of aliphatic hydroxyl groups excluding tert-OH is 2. The number of imidazole rings is 2. The van der Waals surface area contributed by atoms with Crippen molar-refractivity contribution in [1.29, 1.82) is 0 Å². The van der Waals surface area contributed by atoms with Gasteiger partial charge in [-0.25, -0.2) is 9.97 Å². The van der Waals surface area contributed by atoms with Gasteiger partial charge in [-0.2, -0.15) is 0 Å². The van der Waals surface area contributed by atoms with Gasteiger partial charge in [-0.3, -0.25) is 0 Å². The molecule has 0 saturated carbocycles. The Kier molecular flexibility index (Phi) is 4.39. The zero-order valence-corrected chi connectivity index (χ0v) is 7.51. The molecule has 0 amide bonds. The summed E-state index contributed by atoms with van der Waals surface area (Å²) in [4.78, 5) is 12.9. The average Bonchev–Trinajstić information content (AvgIpc) is 2.92. The van der Waals surface area contributed by atoms with Crippen molar-refractivity contribution in [1.82, 2.24) is 19.9 Å². The monoisotopic (exact) mass is 196 g/mol. The predicted octanol–water partition coefficient (Wildman–Crippen LogP) is -0.196. The number of nitrogens with one attached hydrogen (secondary N) is 2. The van der Waals surface area contributed by atoms with Crippen LogP contribution in [-0.2, 0) is 13.2 Å². The van der Waals surface area contributed by atoms with Crippen molar-refractivity contribution in [2.24, 2.45) is 0 Å². The van der Waals surface area contributed by atoms with Gasteiger partial charge < -0.3 is 20.2 Å². The molecule has 0 saturated heterocycles. The molecule has 0 spiro atoms. The molecule has 0 aliphatic heterocycles. The Morgan fingerprint density at radius 3 is 1.50 bits per heavy atom. The summed E-state index contributed by atoms with van der Waals surface area (Å²) in [5.41, 5.74) is 0. The minimum absolute atomic E-state index is 0.00694. The highest BCUT2D eigenvalue weighted by atomic mass is 16.3. The van der Waals surface area contributed by atoms with E-state index in [2.05, 4.69) is 19.9 Å². The van der Waals surface area contributed by atoms with Gasteiger partial charge in [0.25, 0.3) is 0 Å². The lowest BCUT2D eigenvalue weighted by molar-refractivity contribution is 0.272. The van der Waals surface area contributed by atoms with Crippen LogP contribution in [0.1, 0.15) is 11.6 Å². The molecule has 0 aliphatic rings. The van der Waals surface area contributed by atoms with Crippen LogP contribution in [0.3, 0.4) is 0 Å². The molecule has 4 N–H and O–H groups in total. The van der Waals surface area contributed by atoms with Crippen molar-refractivity contribution in [3.8, 4) is 0 Å². The second-order valence-corrected chi connectivity index (χ2v) is 2.39. The number of hydrogen-bond donors (Lipinski definition) is 4. The van der Waals surface area contributed by atoms with E-state index in [1.54, 1.807) is 24.8 Å². The van der Waals surface area contributed by atoms with Gasteiger partial charge in [-0.15, -0.1) is 0 Å². The van der Waals surface area contributed by atoms with Crippen LogP contribution in [0.2, 0.25) is 0 Å². The first-order valence-corrected chi connectivity index (χ1v) is 4.05. The van der Waals surface area contributed by atoms with E-state index in [1.165, 1.54) is 0 Å². The molecule has 2 aromatic rings. The van der Waals surface area contributed by atoms with Crippen LogP contribution in [0.4, 0.5) is 0 Å². The smallest absolute Gasteiger partial charge is 0.131 e. The molecule has 14 heavy (non-hydrogen) atoms. The fraction of sp³-hybridized carbons (Fsp3) is 0.250. The average molecular weight is 196 g/mol. The number of nitrogens with zero attached hydrogens (tertiary/aromatic N) is 2. The second kappa shape index (κ2) is 5.90. The summed E-state index contributed by atoms with van der Waals surface area (Å²) in [6, 6.07) is 0. The van der Waals surface area contributed by atoms with Crippen LogP contribution in [0, 0.1) is 0 Å². The lowest BCUT2D eigenvalue weighted by atomic mass is 10.7. The third kappa shape index (κ3) is 3.38. The van der Waals surface area contributed by atoms with E-state index in [9.17, 15) is 0 Å². The first kappa shape index (κ1) is 10.4. The summed E-state index contributed by atoms with van der Waals surface area (Å²) in [6.45, 7) is -0.0139. The van der Waals surface area contributed by atoms with Crippen LogP contribution in [0.15, 0.2) is 24.8 Å². The third-order valence-electron chi connectivity index (χ3n) is 1.41.